The summed E-state index contributed by atoms with van der Waals surface area (Å²) in [5.74, 6) is 0.876. The molecule has 124 valence electrons. The summed E-state index contributed by atoms with van der Waals surface area (Å²) in [6, 6.07) is 10.3. The zero-order chi connectivity index (χ0) is 16.5. The highest BCUT2D eigenvalue weighted by Gasteiger charge is 2.26. The minimum Gasteiger partial charge on any atom is -0.497 e. The third-order valence-electron chi connectivity index (χ3n) is 4.59. The molecule has 3 aromatic rings. The molecule has 5 nitrogen and oxygen atoms in total. The lowest BCUT2D eigenvalue weighted by Gasteiger charge is -2.24. The van der Waals surface area contributed by atoms with E-state index >= 15 is 0 Å². The quantitative estimate of drug-likeness (QED) is 0.732. The molecular formula is C18H19N3O2S. The normalized spacial score (nSPS) is 18.3. The minimum atomic E-state index is -0.00329. The number of rotatable bonds is 4. The van der Waals surface area contributed by atoms with Crippen LogP contribution >= 0.6 is 11.3 Å². The Bertz CT molecular complexity index is 901. The van der Waals surface area contributed by atoms with Gasteiger partial charge in [0.1, 0.15) is 5.75 Å². The van der Waals surface area contributed by atoms with Gasteiger partial charge in [0.05, 0.1) is 12.8 Å². The van der Waals surface area contributed by atoms with Crippen molar-refractivity contribution in [3.63, 3.8) is 0 Å². The van der Waals surface area contributed by atoms with Gasteiger partial charge in [-0.2, -0.15) is 0 Å². The first kappa shape index (κ1) is 15.4. The lowest BCUT2D eigenvalue weighted by Crippen LogP contribution is -2.25. The minimum absolute atomic E-state index is 0.00329. The van der Waals surface area contributed by atoms with Crippen molar-refractivity contribution in [2.45, 2.75) is 25.4 Å². The van der Waals surface area contributed by atoms with Gasteiger partial charge in [0.15, 0.2) is 4.96 Å². The molecule has 1 saturated heterocycles. The van der Waals surface area contributed by atoms with E-state index in [9.17, 15) is 4.79 Å². The number of thiazole rings is 1. The number of aromatic nitrogens is 2. The molecule has 24 heavy (non-hydrogen) atoms. The second kappa shape index (κ2) is 6.37. The van der Waals surface area contributed by atoms with Gasteiger partial charge in [0.25, 0.3) is 5.56 Å². The van der Waals surface area contributed by atoms with Crippen molar-refractivity contribution in [3.05, 3.63) is 63.5 Å². The predicted molar refractivity (Wildman–Crippen MR) is 94.7 cm³/mol. The molecule has 0 amide bonds. The number of ether oxygens (including phenoxy) is 1. The largest absolute Gasteiger partial charge is 0.497 e. The summed E-state index contributed by atoms with van der Waals surface area (Å²) in [6.45, 7) is 1.74. The lowest BCUT2D eigenvalue weighted by molar-refractivity contribution is 0.245. The Morgan fingerprint density at radius 3 is 2.96 bits per heavy atom. The van der Waals surface area contributed by atoms with Crippen molar-refractivity contribution >= 4 is 16.3 Å². The molecule has 0 unspecified atom stereocenters. The van der Waals surface area contributed by atoms with Crippen LogP contribution in [0.2, 0.25) is 0 Å². The Hall–Kier alpha value is -2.18. The molecule has 2 aromatic heterocycles. The third kappa shape index (κ3) is 2.83. The van der Waals surface area contributed by atoms with Crippen LogP contribution in [0.1, 0.15) is 30.1 Å². The van der Waals surface area contributed by atoms with Crippen LogP contribution in [0, 0.1) is 0 Å². The Morgan fingerprint density at radius 2 is 2.17 bits per heavy atom. The molecule has 6 heteroatoms. The van der Waals surface area contributed by atoms with Gasteiger partial charge in [-0.25, -0.2) is 4.98 Å². The molecule has 0 spiro atoms. The van der Waals surface area contributed by atoms with Crippen LogP contribution in [0.4, 0.5) is 0 Å². The van der Waals surface area contributed by atoms with E-state index in [-0.39, 0.29) is 5.56 Å². The summed E-state index contributed by atoms with van der Waals surface area (Å²) < 4.78 is 6.84. The molecule has 1 fully saturated rings. The summed E-state index contributed by atoms with van der Waals surface area (Å²) in [7, 11) is 1.68. The standard InChI is InChI=1S/C18H19N3O2S/c1-23-15-6-4-13(5-7-15)16-3-2-8-20(16)12-14-11-17(22)21-9-10-24-18(21)19-14/h4-7,9-11,16H,2-3,8,12H2,1H3/t16-/m0/s1. The van der Waals surface area contributed by atoms with Gasteiger partial charge in [0, 0.05) is 30.2 Å². The van der Waals surface area contributed by atoms with Crippen LogP contribution in [0.25, 0.3) is 4.96 Å². The summed E-state index contributed by atoms with van der Waals surface area (Å²) in [5.41, 5.74) is 2.14. The Morgan fingerprint density at radius 1 is 1.33 bits per heavy atom. The third-order valence-corrected chi connectivity index (χ3v) is 5.34. The number of benzene rings is 1. The second-order valence-electron chi connectivity index (χ2n) is 6.04. The average molecular weight is 341 g/mol. The van der Waals surface area contributed by atoms with Crippen LogP contribution in [0.5, 0.6) is 5.75 Å². The van der Waals surface area contributed by atoms with Crippen molar-refractivity contribution in [1.29, 1.82) is 0 Å². The molecule has 1 aliphatic rings. The maximum Gasteiger partial charge on any atom is 0.258 e. The lowest BCUT2D eigenvalue weighted by atomic mass is 10.0. The van der Waals surface area contributed by atoms with E-state index in [0.717, 1.165) is 35.8 Å². The van der Waals surface area contributed by atoms with Crippen LogP contribution in [0.15, 0.2) is 46.7 Å². The number of methoxy groups -OCH3 is 1. The molecule has 3 heterocycles. The average Bonchev–Trinajstić information content (AvgIpc) is 3.24. The number of likely N-dealkylation sites (tertiary alicyclic amines) is 1. The van der Waals surface area contributed by atoms with Crippen molar-refractivity contribution < 1.29 is 4.74 Å². The molecule has 0 aliphatic carbocycles. The maximum atomic E-state index is 12.2. The zero-order valence-corrected chi connectivity index (χ0v) is 14.3. The molecule has 1 atom stereocenters. The van der Waals surface area contributed by atoms with Gasteiger partial charge in [-0.05, 0) is 37.1 Å². The van der Waals surface area contributed by atoms with E-state index in [1.54, 1.807) is 23.8 Å². The van der Waals surface area contributed by atoms with E-state index in [1.807, 2.05) is 17.5 Å². The van der Waals surface area contributed by atoms with E-state index in [0.29, 0.717) is 12.6 Å². The molecule has 4 rings (SSSR count). The molecule has 0 bridgehead atoms. The van der Waals surface area contributed by atoms with Gasteiger partial charge in [-0.1, -0.05) is 12.1 Å². The molecule has 0 saturated carbocycles. The number of hydrogen-bond donors (Lipinski definition) is 0. The first-order valence-electron chi connectivity index (χ1n) is 8.08. The Balaban J connectivity index is 1.58. The highest BCUT2D eigenvalue weighted by atomic mass is 32.1. The monoisotopic (exact) mass is 341 g/mol. The SMILES string of the molecule is COc1ccc([C@@H]2CCCN2Cc2cc(=O)n3ccsc3n2)cc1. The van der Waals surface area contributed by atoms with Gasteiger partial charge in [-0.15, -0.1) is 11.3 Å². The van der Waals surface area contributed by atoms with Crippen LogP contribution in [-0.2, 0) is 6.54 Å². The Labute approximate surface area is 144 Å². The molecule has 1 aliphatic heterocycles. The highest BCUT2D eigenvalue weighted by molar-refractivity contribution is 7.15. The first-order valence-corrected chi connectivity index (χ1v) is 8.96. The van der Waals surface area contributed by atoms with Crippen LogP contribution in [-0.4, -0.2) is 27.9 Å². The van der Waals surface area contributed by atoms with E-state index in [1.165, 1.54) is 16.9 Å². The predicted octanol–water partition coefficient (Wildman–Crippen LogP) is 3.10. The fourth-order valence-electron chi connectivity index (χ4n) is 3.40. The maximum absolute atomic E-state index is 12.2. The van der Waals surface area contributed by atoms with Crippen molar-refractivity contribution in [2.75, 3.05) is 13.7 Å². The summed E-state index contributed by atoms with van der Waals surface area (Å²) in [5, 5.41) is 1.89. The van der Waals surface area contributed by atoms with Crippen LogP contribution < -0.4 is 10.3 Å². The van der Waals surface area contributed by atoms with E-state index < -0.39 is 0 Å². The van der Waals surface area contributed by atoms with Gasteiger partial charge >= 0.3 is 0 Å². The van der Waals surface area contributed by atoms with E-state index in [4.69, 9.17) is 4.74 Å². The fraction of sp³-hybridized carbons (Fsp3) is 0.333. The van der Waals surface area contributed by atoms with Gasteiger partial charge in [0.2, 0.25) is 0 Å². The molecule has 0 N–H and O–H groups in total. The van der Waals surface area contributed by atoms with Crippen molar-refractivity contribution in [2.24, 2.45) is 0 Å². The molecule has 0 radical (unpaired) electrons. The number of nitrogens with zero attached hydrogens (tertiary/aromatic N) is 3. The van der Waals surface area contributed by atoms with E-state index in [2.05, 4.69) is 22.0 Å². The van der Waals surface area contributed by atoms with Gasteiger partial charge in [-0.3, -0.25) is 14.1 Å². The summed E-state index contributed by atoms with van der Waals surface area (Å²) in [4.78, 5) is 20.0. The molecular weight excluding hydrogens is 322 g/mol. The van der Waals surface area contributed by atoms with Crippen molar-refractivity contribution in [1.82, 2.24) is 14.3 Å². The zero-order valence-electron chi connectivity index (χ0n) is 13.5. The molecule has 1 aromatic carbocycles. The fourth-order valence-corrected chi connectivity index (χ4v) is 4.13. The van der Waals surface area contributed by atoms with Gasteiger partial charge < -0.3 is 4.74 Å². The Kier molecular flexibility index (Phi) is 4.08. The number of hydrogen-bond acceptors (Lipinski definition) is 5. The first-order chi connectivity index (χ1) is 11.7. The summed E-state index contributed by atoms with van der Waals surface area (Å²) >= 11 is 1.49. The second-order valence-corrected chi connectivity index (χ2v) is 6.92. The number of fused-ring (bicyclic) bond motifs is 1. The van der Waals surface area contributed by atoms with Crippen LogP contribution in [0.3, 0.4) is 0 Å². The van der Waals surface area contributed by atoms with Crippen molar-refractivity contribution in [3.8, 4) is 5.75 Å². The smallest absolute Gasteiger partial charge is 0.258 e. The highest BCUT2D eigenvalue weighted by Crippen LogP contribution is 2.33. The topological polar surface area (TPSA) is 46.8 Å². The summed E-state index contributed by atoms with van der Waals surface area (Å²) in [6.07, 6.45) is 4.07.